The number of fused-ring (bicyclic) bond motifs is 1. The number of hydrogen-bond donors (Lipinski definition) is 3. The van der Waals surface area contributed by atoms with Crippen molar-refractivity contribution in [3.8, 4) is 5.75 Å². The normalized spacial score (nSPS) is 23.8. The third kappa shape index (κ3) is 6.48. The van der Waals surface area contributed by atoms with Gasteiger partial charge in [0, 0.05) is 32.7 Å². The summed E-state index contributed by atoms with van der Waals surface area (Å²) in [4.78, 5) is 0. The smallest absolute Gasteiger partial charge is 0.119 e. The molecule has 2 aliphatic carbocycles. The van der Waals surface area contributed by atoms with Crippen LogP contribution in [0.4, 0.5) is 0 Å². The van der Waals surface area contributed by atoms with Crippen molar-refractivity contribution in [3.05, 3.63) is 34.6 Å². The fourth-order valence-electron chi connectivity index (χ4n) is 4.76. The molecule has 3 aliphatic rings. The van der Waals surface area contributed by atoms with Crippen LogP contribution in [0.3, 0.4) is 0 Å². The fraction of sp³-hybridized carbons (Fsp3) is 0.727. The minimum atomic E-state index is -0.755. The van der Waals surface area contributed by atoms with Gasteiger partial charge in [0.25, 0.3) is 0 Å². The maximum atomic E-state index is 9.42. The van der Waals surface area contributed by atoms with Crippen LogP contribution in [0, 0.1) is 5.92 Å². The summed E-state index contributed by atoms with van der Waals surface area (Å²) in [6, 6.07) is 6.97. The van der Waals surface area contributed by atoms with Crippen LogP contribution >= 0.6 is 0 Å². The van der Waals surface area contributed by atoms with Crippen molar-refractivity contribution >= 4 is 0 Å². The molecule has 1 unspecified atom stereocenters. The molecule has 1 heterocycles. The van der Waals surface area contributed by atoms with E-state index in [-0.39, 0.29) is 39.4 Å². The standard InChI is InChI=1S/C16H22NO.C6H13NO2.Y/c1-18-14-8-7-12-9-10-17-16(15(12)11-14)13-5-3-2-4-6-13;8-5-7-6(9)3-1-2-4-6;/h7-8,11,13,16H,2-6,9-10H2,1H3;7-9H,1-5H2;/q-1;;. The molecule has 28 heavy (non-hydrogen) atoms. The van der Waals surface area contributed by atoms with Gasteiger partial charge in [0.1, 0.15) is 11.5 Å². The Bertz CT molecular complexity index is 587. The van der Waals surface area contributed by atoms with Crippen molar-refractivity contribution in [2.75, 3.05) is 20.4 Å². The summed E-state index contributed by atoms with van der Waals surface area (Å²) >= 11 is 0. The number of nitrogens with zero attached hydrogens (tertiary/aromatic N) is 1. The summed E-state index contributed by atoms with van der Waals surface area (Å²) in [5.74, 6) is 1.75. The van der Waals surface area contributed by atoms with Gasteiger partial charge in [-0.2, -0.15) is 0 Å². The van der Waals surface area contributed by atoms with Gasteiger partial charge in [-0.25, -0.2) is 0 Å². The first-order valence-corrected chi connectivity index (χ1v) is 10.6. The molecule has 1 radical (unpaired) electrons. The van der Waals surface area contributed by atoms with Crippen LogP contribution in [0.1, 0.15) is 75.0 Å². The first-order chi connectivity index (χ1) is 13.1. The van der Waals surface area contributed by atoms with Gasteiger partial charge in [0.05, 0.1) is 13.8 Å². The molecule has 1 aromatic carbocycles. The molecule has 1 atom stereocenters. The van der Waals surface area contributed by atoms with Crippen molar-refractivity contribution in [1.29, 1.82) is 0 Å². The minimum Gasteiger partial charge on any atom is -0.655 e. The van der Waals surface area contributed by atoms with Crippen LogP contribution in [0.5, 0.6) is 5.75 Å². The summed E-state index contributed by atoms with van der Waals surface area (Å²) in [5.41, 5.74) is 2.17. The average Bonchev–Trinajstić information content (AvgIpc) is 3.14. The van der Waals surface area contributed by atoms with Crippen molar-refractivity contribution in [1.82, 2.24) is 5.32 Å². The van der Waals surface area contributed by atoms with Gasteiger partial charge in [0.2, 0.25) is 0 Å². The second-order valence-electron chi connectivity index (χ2n) is 8.14. The molecule has 0 aromatic heterocycles. The number of rotatable bonds is 4. The number of aliphatic hydroxyl groups excluding tert-OH is 1. The fourth-order valence-corrected chi connectivity index (χ4v) is 4.76. The molecular formula is C22H35N2O3Y-. The van der Waals surface area contributed by atoms with E-state index in [9.17, 15) is 5.11 Å². The second-order valence-corrected chi connectivity index (χ2v) is 8.14. The number of methoxy groups -OCH3 is 1. The molecule has 0 spiro atoms. The quantitative estimate of drug-likeness (QED) is 0.589. The molecule has 1 aliphatic heterocycles. The van der Waals surface area contributed by atoms with E-state index in [0.29, 0.717) is 6.04 Å². The summed E-state index contributed by atoms with van der Waals surface area (Å²) in [5, 5.41) is 25.4. The average molecular weight is 464 g/mol. The first-order valence-electron chi connectivity index (χ1n) is 10.6. The number of hydrogen-bond acceptors (Lipinski definition) is 4. The Morgan fingerprint density at radius 2 is 1.86 bits per heavy atom. The van der Waals surface area contributed by atoms with Gasteiger partial charge >= 0.3 is 0 Å². The van der Waals surface area contributed by atoms with E-state index in [1.807, 2.05) is 0 Å². The Hall–Kier alpha value is -0.0361. The summed E-state index contributed by atoms with van der Waals surface area (Å²) in [6.45, 7) is 0.872. The minimum absolute atomic E-state index is 0. The third-order valence-electron chi connectivity index (χ3n) is 6.31. The van der Waals surface area contributed by atoms with Crippen molar-refractivity contribution in [3.63, 3.8) is 0 Å². The number of ether oxygens (including phenoxy) is 1. The van der Waals surface area contributed by atoms with E-state index in [4.69, 9.17) is 15.2 Å². The van der Waals surface area contributed by atoms with Gasteiger partial charge in [0.15, 0.2) is 0 Å². The number of nitrogens with one attached hydrogen (secondary N) is 1. The van der Waals surface area contributed by atoms with E-state index in [0.717, 1.165) is 50.3 Å². The van der Waals surface area contributed by atoms with E-state index in [1.54, 1.807) is 7.11 Å². The topological polar surface area (TPSA) is 75.8 Å². The van der Waals surface area contributed by atoms with Gasteiger partial charge in [-0.15, -0.1) is 12.6 Å². The molecular weight excluding hydrogens is 429 g/mol. The van der Waals surface area contributed by atoms with Crippen LogP contribution in [0.2, 0.25) is 0 Å². The zero-order valence-electron chi connectivity index (χ0n) is 17.2. The van der Waals surface area contributed by atoms with Crippen LogP contribution < -0.4 is 10.1 Å². The zero-order chi connectivity index (χ0) is 19.1. The molecule has 0 bridgehead atoms. The van der Waals surface area contributed by atoms with Crippen LogP contribution in [0.15, 0.2) is 18.2 Å². The van der Waals surface area contributed by atoms with Crippen LogP contribution in [0.25, 0.3) is 5.32 Å². The Balaban J connectivity index is 0.000000239. The van der Waals surface area contributed by atoms with Crippen LogP contribution in [-0.4, -0.2) is 36.3 Å². The van der Waals surface area contributed by atoms with Crippen molar-refractivity contribution in [2.24, 2.45) is 5.92 Å². The molecule has 0 saturated heterocycles. The van der Waals surface area contributed by atoms with E-state index >= 15 is 0 Å². The van der Waals surface area contributed by atoms with Gasteiger partial charge < -0.3 is 20.3 Å². The second kappa shape index (κ2) is 12.0. The maximum Gasteiger partial charge on any atom is 0.119 e. The number of benzene rings is 1. The Morgan fingerprint density at radius 3 is 2.50 bits per heavy atom. The maximum absolute atomic E-state index is 9.42. The van der Waals surface area contributed by atoms with E-state index in [2.05, 4.69) is 23.5 Å². The molecule has 1 aromatic rings. The predicted octanol–water partition coefficient (Wildman–Crippen LogP) is 4.03. The molecule has 5 nitrogen and oxygen atoms in total. The monoisotopic (exact) mass is 464 g/mol. The van der Waals surface area contributed by atoms with Crippen molar-refractivity contribution < 1.29 is 47.7 Å². The number of aliphatic hydroxyl groups is 2. The predicted molar refractivity (Wildman–Crippen MR) is 108 cm³/mol. The summed E-state index contributed by atoms with van der Waals surface area (Å²) in [6.07, 6.45) is 11.6. The Labute approximate surface area is 194 Å². The first kappa shape index (κ1) is 24.2. The van der Waals surface area contributed by atoms with Crippen molar-refractivity contribution in [2.45, 2.75) is 76.0 Å². The molecule has 2 fully saturated rings. The largest absolute Gasteiger partial charge is 0.655 e. The molecule has 0 amide bonds. The summed E-state index contributed by atoms with van der Waals surface area (Å²) in [7, 11) is 1.75. The molecule has 4 rings (SSSR count). The molecule has 155 valence electrons. The summed E-state index contributed by atoms with van der Waals surface area (Å²) < 4.78 is 5.37. The van der Waals surface area contributed by atoms with E-state index < -0.39 is 5.72 Å². The molecule has 6 heteroatoms. The Morgan fingerprint density at radius 1 is 1.14 bits per heavy atom. The van der Waals surface area contributed by atoms with E-state index in [1.165, 1.54) is 43.2 Å². The van der Waals surface area contributed by atoms with Gasteiger partial charge in [-0.1, -0.05) is 49.7 Å². The van der Waals surface area contributed by atoms with Gasteiger partial charge in [-0.05, 0) is 49.8 Å². The third-order valence-corrected chi connectivity index (χ3v) is 6.31. The zero-order valence-corrected chi connectivity index (χ0v) is 20.0. The van der Waals surface area contributed by atoms with Crippen LogP contribution in [-0.2, 0) is 39.1 Å². The molecule has 3 N–H and O–H groups in total. The SMILES string of the molecule is COc1ccc2c(c1)C(C1CCCCC1)[N-]CC2.OCNC1(O)CCCC1.[Y]. The van der Waals surface area contributed by atoms with Gasteiger partial charge in [-0.3, -0.25) is 5.32 Å². The molecule has 2 saturated carbocycles. The Kier molecular flexibility index (Phi) is 10.4.